The van der Waals surface area contributed by atoms with Gasteiger partial charge in [-0.25, -0.2) is 0 Å². The Bertz CT molecular complexity index is 726. The van der Waals surface area contributed by atoms with Crippen molar-refractivity contribution in [3.8, 4) is 5.75 Å². The summed E-state index contributed by atoms with van der Waals surface area (Å²) in [6, 6.07) is 8.51. The Kier molecular flexibility index (Phi) is 5.42. The Morgan fingerprint density at radius 2 is 2.24 bits per heavy atom. The molecule has 0 radical (unpaired) electrons. The van der Waals surface area contributed by atoms with E-state index in [1.165, 1.54) is 0 Å². The van der Waals surface area contributed by atoms with Gasteiger partial charge in [0.25, 0.3) is 0 Å². The van der Waals surface area contributed by atoms with Crippen LogP contribution in [0.2, 0.25) is 0 Å². The number of rotatable bonds is 5. The predicted molar refractivity (Wildman–Crippen MR) is 100 cm³/mol. The number of hydrogen-bond donors (Lipinski definition) is 2. The molecule has 134 valence electrons. The number of nitrogens with zero attached hydrogens (tertiary/aromatic N) is 4. The molecule has 7 nitrogen and oxygen atoms in total. The number of guanidine groups is 1. The van der Waals surface area contributed by atoms with Crippen molar-refractivity contribution in [1.29, 1.82) is 0 Å². The third-order valence-corrected chi connectivity index (χ3v) is 4.40. The first-order valence-corrected chi connectivity index (χ1v) is 8.52. The molecule has 0 amide bonds. The summed E-state index contributed by atoms with van der Waals surface area (Å²) in [5.74, 6) is 1.73. The number of methoxy groups -OCH3 is 1. The third kappa shape index (κ3) is 4.23. The molecule has 25 heavy (non-hydrogen) atoms. The van der Waals surface area contributed by atoms with Gasteiger partial charge in [0.05, 0.1) is 19.0 Å². The van der Waals surface area contributed by atoms with E-state index in [4.69, 9.17) is 4.74 Å². The SMILES string of the molecule is CN=C(NCc1cnn(C)c1)NC1CCN(c2ccccc2OC)C1. The van der Waals surface area contributed by atoms with E-state index in [2.05, 4.69) is 31.7 Å². The summed E-state index contributed by atoms with van der Waals surface area (Å²) in [7, 11) is 5.43. The normalized spacial score (nSPS) is 17.6. The molecule has 1 fully saturated rings. The number of nitrogens with one attached hydrogen (secondary N) is 2. The highest BCUT2D eigenvalue weighted by molar-refractivity contribution is 5.80. The lowest BCUT2D eigenvalue weighted by Gasteiger charge is -2.22. The molecule has 1 aliphatic heterocycles. The van der Waals surface area contributed by atoms with Gasteiger partial charge in [0.1, 0.15) is 5.75 Å². The average Bonchev–Trinajstić information content (AvgIpc) is 3.27. The van der Waals surface area contributed by atoms with Crippen molar-refractivity contribution in [2.75, 3.05) is 32.1 Å². The largest absolute Gasteiger partial charge is 0.495 e. The molecule has 3 rings (SSSR count). The highest BCUT2D eigenvalue weighted by atomic mass is 16.5. The van der Waals surface area contributed by atoms with E-state index in [1.54, 1.807) is 18.8 Å². The Hall–Kier alpha value is -2.70. The van der Waals surface area contributed by atoms with Crippen LogP contribution < -0.4 is 20.3 Å². The molecule has 1 aliphatic rings. The highest BCUT2D eigenvalue weighted by Crippen LogP contribution is 2.30. The van der Waals surface area contributed by atoms with Crippen LogP contribution in [0.25, 0.3) is 0 Å². The molecular formula is C18H26N6O. The summed E-state index contributed by atoms with van der Waals surface area (Å²) in [6.07, 6.45) is 4.92. The second-order valence-corrected chi connectivity index (χ2v) is 6.20. The lowest BCUT2D eigenvalue weighted by atomic mass is 10.2. The van der Waals surface area contributed by atoms with Crippen molar-refractivity contribution in [3.05, 3.63) is 42.2 Å². The fourth-order valence-corrected chi connectivity index (χ4v) is 3.12. The Balaban J connectivity index is 1.54. The first kappa shape index (κ1) is 17.1. The average molecular weight is 342 g/mol. The van der Waals surface area contributed by atoms with Crippen LogP contribution in [0, 0.1) is 0 Å². The van der Waals surface area contributed by atoms with Gasteiger partial charge >= 0.3 is 0 Å². The van der Waals surface area contributed by atoms with Crippen molar-refractivity contribution in [2.45, 2.75) is 19.0 Å². The van der Waals surface area contributed by atoms with E-state index in [0.717, 1.165) is 42.5 Å². The smallest absolute Gasteiger partial charge is 0.191 e. The van der Waals surface area contributed by atoms with Gasteiger partial charge in [-0.3, -0.25) is 9.67 Å². The highest BCUT2D eigenvalue weighted by Gasteiger charge is 2.25. The van der Waals surface area contributed by atoms with Crippen LogP contribution in [0.3, 0.4) is 0 Å². The van der Waals surface area contributed by atoms with Gasteiger partial charge < -0.3 is 20.3 Å². The number of aromatic nitrogens is 2. The number of para-hydroxylation sites is 2. The lowest BCUT2D eigenvalue weighted by Crippen LogP contribution is -2.44. The number of ether oxygens (including phenoxy) is 1. The van der Waals surface area contributed by atoms with E-state index in [9.17, 15) is 0 Å². The predicted octanol–water partition coefficient (Wildman–Crippen LogP) is 1.37. The first-order chi connectivity index (χ1) is 12.2. The van der Waals surface area contributed by atoms with Crippen LogP contribution in [0.15, 0.2) is 41.7 Å². The van der Waals surface area contributed by atoms with Crippen molar-refractivity contribution < 1.29 is 4.74 Å². The molecule has 2 heterocycles. The van der Waals surface area contributed by atoms with Crippen LogP contribution in [-0.4, -0.2) is 49.0 Å². The summed E-state index contributed by atoms with van der Waals surface area (Å²) in [5.41, 5.74) is 2.28. The van der Waals surface area contributed by atoms with Crippen LogP contribution in [0.1, 0.15) is 12.0 Å². The van der Waals surface area contributed by atoms with Crippen LogP contribution >= 0.6 is 0 Å². The fraction of sp³-hybridized carbons (Fsp3) is 0.444. The van der Waals surface area contributed by atoms with Crippen LogP contribution in [-0.2, 0) is 13.6 Å². The Morgan fingerprint density at radius 3 is 2.96 bits per heavy atom. The maximum Gasteiger partial charge on any atom is 0.191 e. The van der Waals surface area contributed by atoms with Gasteiger partial charge in [-0.15, -0.1) is 0 Å². The van der Waals surface area contributed by atoms with E-state index < -0.39 is 0 Å². The second-order valence-electron chi connectivity index (χ2n) is 6.20. The van der Waals surface area contributed by atoms with Crippen LogP contribution in [0.4, 0.5) is 5.69 Å². The van der Waals surface area contributed by atoms with E-state index in [0.29, 0.717) is 12.6 Å². The molecule has 0 bridgehead atoms. The minimum absolute atomic E-state index is 0.352. The maximum absolute atomic E-state index is 5.48. The van der Waals surface area contributed by atoms with E-state index in [1.807, 2.05) is 37.6 Å². The number of anilines is 1. The van der Waals surface area contributed by atoms with Gasteiger partial charge in [0, 0.05) is 51.5 Å². The molecule has 0 spiro atoms. The quantitative estimate of drug-likeness (QED) is 0.635. The van der Waals surface area contributed by atoms with E-state index in [-0.39, 0.29) is 0 Å². The zero-order valence-electron chi connectivity index (χ0n) is 15.1. The van der Waals surface area contributed by atoms with Crippen molar-refractivity contribution in [3.63, 3.8) is 0 Å². The van der Waals surface area contributed by atoms with Gasteiger partial charge in [0.15, 0.2) is 5.96 Å². The summed E-state index contributed by atoms with van der Waals surface area (Å²) in [5, 5.41) is 11.0. The summed E-state index contributed by atoms with van der Waals surface area (Å²) in [6.45, 7) is 2.63. The molecule has 1 atom stereocenters. The fourth-order valence-electron chi connectivity index (χ4n) is 3.12. The minimum atomic E-state index is 0.352. The standard InChI is InChI=1S/C18H26N6O/c1-19-18(20-10-14-11-21-23(2)12-14)22-15-8-9-24(13-15)16-6-4-5-7-17(16)25-3/h4-7,11-12,15H,8-10,13H2,1-3H3,(H2,19,20,22). The van der Waals surface area contributed by atoms with Gasteiger partial charge in [0.2, 0.25) is 0 Å². The summed E-state index contributed by atoms with van der Waals surface area (Å²) < 4.78 is 7.28. The van der Waals surface area contributed by atoms with Crippen molar-refractivity contribution >= 4 is 11.6 Å². The molecule has 1 aromatic carbocycles. The zero-order chi connectivity index (χ0) is 17.6. The van der Waals surface area contributed by atoms with Gasteiger partial charge in [-0.05, 0) is 18.6 Å². The lowest BCUT2D eigenvalue weighted by molar-refractivity contribution is 0.415. The number of aryl methyl sites for hydroxylation is 1. The molecule has 0 aliphatic carbocycles. The molecule has 7 heteroatoms. The molecule has 2 N–H and O–H groups in total. The Labute approximate surface area is 148 Å². The zero-order valence-corrected chi connectivity index (χ0v) is 15.1. The molecular weight excluding hydrogens is 316 g/mol. The third-order valence-electron chi connectivity index (χ3n) is 4.40. The molecule has 1 unspecified atom stereocenters. The summed E-state index contributed by atoms with van der Waals surface area (Å²) >= 11 is 0. The van der Waals surface area contributed by atoms with Crippen LogP contribution in [0.5, 0.6) is 5.75 Å². The maximum atomic E-state index is 5.48. The molecule has 1 aromatic heterocycles. The Morgan fingerprint density at radius 1 is 1.40 bits per heavy atom. The van der Waals surface area contributed by atoms with Gasteiger partial charge in [-0.2, -0.15) is 5.10 Å². The molecule has 1 saturated heterocycles. The van der Waals surface area contributed by atoms with Gasteiger partial charge in [-0.1, -0.05) is 12.1 Å². The monoisotopic (exact) mass is 342 g/mol. The molecule has 0 saturated carbocycles. The second kappa shape index (κ2) is 7.92. The first-order valence-electron chi connectivity index (χ1n) is 8.52. The van der Waals surface area contributed by atoms with Crippen molar-refractivity contribution in [2.24, 2.45) is 12.0 Å². The molecule has 2 aromatic rings. The number of aliphatic imine (C=N–C) groups is 1. The summed E-state index contributed by atoms with van der Waals surface area (Å²) in [4.78, 5) is 6.68. The number of hydrogen-bond acceptors (Lipinski definition) is 4. The van der Waals surface area contributed by atoms with E-state index >= 15 is 0 Å². The minimum Gasteiger partial charge on any atom is -0.495 e. The van der Waals surface area contributed by atoms with Crippen molar-refractivity contribution in [1.82, 2.24) is 20.4 Å². The number of benzene rings is 1. The topological polar surface area (TPSA) is 66.7 Å².